The second-order valence-corrected chi connectivity index (χ2v) is 5.68. The summed E-state index contributed by atoms with van der Waals surface area (Å²) in [4.78, 5) is 11.9. The molecule has 0 unspecified atom stereocenters. The molecular formula is C14H9Cl4N3O. The van der Waals surface area contributed by atoms with Crippen LogP contribution in [0.2, 0.25) is 15.1 Å². The Balaban J connectivity index is 2.05. The molecule has 0 aromatic heterocycles. The van der Waals surface area contributed by atoms with Gasteiger partial charge in [0.2, 0.25) is 5.17 Å². The van der Waals surface area contributed by atoms with Crippen molar-refractivity contribution in [3.05, 3.63) is 57.5 Å². The number of halogens is 4. The lowest BCUT2D eigenvalue weighted by molar-refractivity contribution is -0.110. The SMILES string of the molecule is O=C(Nc1ccccc1Cl)/C(Cl)=N/Nc1ccc(Cl)cc1Cl. The first-order valence-electron chi connectivity index (χ1n) is 5.97. The molecule has 2 aromatic carbocycles. The first-order chi connectivity index (χ1) is 10.5. The van der Waals surface area contributed by atoms with E-state index >= 15 is 0 Å². The van der Waals surface area contributed by atoms with Crippen LogP contribution >= 0.6 is 46.4 Å². The predicted molar refractivity (Wildman–Crippen MR) is 93.5 cm³/mol. The van der Waals surface area contributed by atoms with Crippen LogP contribution in [0.15, 0.2) is 47.6 Å². The van der Waals surface area contributed by atoms with E-state index in [9.17, 15) is 4.79 Å². The van der Waals surface area contributed by atoms with Crippen molar-refractivity contribution in [2.24, 2.45) is 5.10 Å². The number of hydrazone groups is 1. The number of anilines is 2. The van der Waals surface area contributed by atoms with Crippen LogP contribution in [0.5, 0.6) is 0 Å². The Hall–Kier alpha value is -1.46. The van der Waals surface area contributed by atoms with E-state index in [0.29, 0.717) is 26.4 Å². The molecule has 0 heterocycles. The number of amides is 1. The first kappa shape index (κ1) is 16.9. The molecule has 114 valence electrons. The molecule has 0 atom stereocenters. The highest BCUT2D eigenvalue weighted by Crippen LogP contribution is 2.25. The Morgan fingerprint density at radius 1 is 0.955 bits per heavy atom. The van der Waals surface area contributed by atoms with Crippen molar-refractivity contribution in [3.8, 4) is 0 Å². The lowest BCUT2D eigenvalue weighted by atomic mass is 10.3. The highest BCUT2D eigenvalue weighted by Gasteiger charge is 2.11. The zero-order valence-electron chi connectivity index (χ0n) is 10.9. The summed E-state index contributed by atoms with van der Waals surface area (Å²) < 4.78 is 0. The summed E-state index contributed by atoms with van der Waals surface area (Å²) in [6.07, 6.45) is 0. The normalized spacial score (nSPS) is 11.2. The van der Waals surface area contributed by atoms with Gasteiger partial charge in [-0.05, 0) is 30.3 Å². The monoisotopic (exact) mass is 375 g/mol. The van der Waals surface area contributed by atoms with Gasteiger partial charge >= 0.3 is 0 Å². The highest BCUT2D eigenvalue weighted by atomic mass is 35.5. The van der Waals surface area contributed by atoms with E-state index in [4.69, 9.17) is 46.4 Å². The number of carbonyl (C=O) groups excluding carboxylic acids is 1. The molecule has 0 aliphatic carbocycles. The summed E-state index contributed by atoms with van der Waals surface area (Å²) in [7, 11) is 0. The fourth-order valence-corrected chi connectivity index (χ4v) is 2.20. The Morgan fingerprint density at radius 2 is 1.68 bits per heavy atom. The Morgan fingerprint density at radius 3 is 2.36 bits per heavy atom. The van der Waals surface area contributed by atoms with E-state index in [1.54, 1.807) is 42.5 Å². The van der Waals surface area contributed by atoms with Gasteiger partial charge < -0.3 is 5.32 Å². The van der Waals surface area contributed by atoms with Gasteiger partial charge in [-0.25, -0.2) is 0 Å². The van der Waals surface area contributed by atoms with Gasteiger partial charge in [-0.1, -0.05) is 58.5 Å². The third kappa shape index (κ3) is 4.52. The van der Waals surface area contributed by atoms with Crippen LogP contribution in [0, 0.1) is 0 Å². The van der Waals surface area contributed by atoms with Crippen molar-refractivity contribution in [2.45, 2.75) is 0 Å². The summed E-state index contributed by atoms with van der Waals surface area (Å²) in [5.74, 6) is -0.604. The molecule has 4 nitrogen and oxygen atoms in total. The molecular weight excluding hydrogens is 368 g/mol. The van der Waals surface area contributed by atoms with E-state index in [1.807, 2.05) is 0 Å². The maximum absolute atomic E-state index is 11.9. The second kappa shape index (κ2) is 7.70. The van der Waals surface area contributed by atoms with Gasteiger partial charge in [0, 0.05) is 5.02 Å². The summed E-state index contributed by atoms with van der Waals surface area (Å²) in [5, 5.41) is 7.24. The molecule has 0 spiro atoms. The fraction of sp³-hybridized carbons (Fsp3) is 0. The van der Waals surface area contributed by atoms with Crippen molar-refractivity contribution < 1.29 is 4.79 Å². The summed E-state index contributed by atoms with van der Waals surface area (Å²) in [6.45, 7) is 0. The highest BCUT2D eigenvalue weighted by molar-refractivity contribution is 6.84. The maximum atomic E-state index is 11.9. The van der Waals surface area contributed by atoms with Crippen molar-refractivity contribution >= 4 is 68.9 Å². The molecule has 2 N–H and O–H groups in total. The molecule has 0 aliphatic rings. The van der Waals surface area contributed by atoms with Crippen LogP contribution in [0.3, 0.4) is 0 Å². The van der Waals surface area contributed by atoms with Crippen LogP contribution < -0.4 is 10.7 Å². The van der Waals surface area contributed by atoms with Crippen LogP contribution in [-0.4, -0.2) is 11.1 Å². The molecule has 1 amide bonds. The Bertz CT molecular complexity index is 734. The number of carbonyl (C=O) groups is 1. The first-order valence-corrected chi connectivity index (χ1v) is 7.48. The Labute approximate surface area is 147 Å². The minimum atomic E-state index is -0.604. The Kier molecular flexibility index (Phi) is 5.91. The van der Waals surface area contributed by atoms with Crippen LogP contribution in [0.4, 0.5) is 11.4 Å². The van der Waals surface area contributed by atoms with Gasteiger partial charge in [0.05, 0.1) is 21.4 Å². The van der Waals surface area contributed by atoms with Crippen molar-refractivity contribution in [3.63, 3.8) is 0 Å². The maximum Gasteiger partial charge on any atom is 0.287 e. The zero-order chi connectivity index (χ0) is 16.1. The van der Waals surface area contributed by atoms with Gasteiger partial charge in [-0.3, -0.25) is 10.2 Å². The molecule has 2 rings (SSSR count). The van der Waals surface area contributed by atoms with Crippen LogP contribution in [-0.2, 0) is 4.79 Å². The summed E-state index contributed by atoms with van der Waals surface area (Å²) in [6, 6.07) is 11.6. The number of rotatable bonds is 4. The smallest absolute Gasteiger partial charge is 0.287 e. The molecule has 0 radical (unpaired) electrons. The lowest BCUT2D eigenvalue weighted by Crippen LogP contribution is -2.19. The standard InChI is InChI=1S/C14H9Cl4N3O/c15-8-5-6-12(10(17)7-8)20-21-13(18)14(22)19-11-4-2-1-3-9(11)16/h1-7,20H,(H,19,22)/b21-13-. The van der Waals surface area contributed by atoms with Crippen molar-refractivity contribution in [1.82, 2.24) is 0 Å². The summed E-state index contributed by atoms with van der Waals surface area (Å²) in [5.41, 5.74) is 3.50. The predicted octanol–water partition coefficient (Wildman–Crippen LogP) is 5.25. The molecule has 0 saturated heterocycles. The topological polar surface area (TPSA) is 53.5 Å². The van der Waals surface area contributed by atoms with E-state index in [1.165, 1.54) is 0 Å². The van der Waals surface area contributed by atoms with Gasteiger partial charge in [0.15, 0.2) is 0 Å². The van der Waals surface area contributed by atoms with Crippen molar-refractivity contribution in [2.75, 3.05) is 10.7 Å². The average molecular weight is 377 g/mol. The lowest BCUT2D eigenvalue weighted by Gasteiger charge is -2.07. The van der Waals surface area contributed by atoms with E-state index < -0.39 is 5.91 Å². The quantitative estimate of drug-likeness (QED) is 0.565. The van der Waals surface area contributed by atoms with Gasteiger partial charge in [-0.2, -0.15) is 5.10 Å². The molecule has 0 saturated carbocycles. The van der Waals surface area contributed by atoms with Gasteiger partial charge in [0.1, 0.15) is 0 Å². The fourth-order valence-electron chi connectivity index (χ4n) is 1.48. The minimum Gasteiger partial charge on any atom is -0.318 e. The van der Waals surface area contributed by atoms with E-state index in [0.717, 1.165) is 0 Å². The number of nitrogens with zero attached hydrogens (tertiary/aromatic N) is 1. The van der Waals surface area contributed by atoms with Gasteiger partial charge in [-0.15, -0.1) is 0 Å². The van der Waals surface area contributed by atoms with E-state index in [-0.39, 0.29) is 5.17 Å². The number of nitrogens with one attached hydrogen (secondary N) is 2. The molecule has 0 bridgehead atoms. The second-order valence-electron chi connectivity index (χ2n) is 4.07. The zero-order valence-corrected chi connectivity index (χ0v) is 13.9. The van der Waals surface area contributed by atoms with Gasteiger partial charge in [0.25, 0.3) is 5.91 Å². The average Bonchev–Trinajstić information content (AvgIpc) is 2.48. The molecule has 0 fully saturated rings. The molecule has 8 heteroatoms. The van der Waals surface area contributed by atoms with Crippen molar-refractivity contribution in [1.29, 1.82) is 0 Å². The number of hydrogen-bond acceptors (Lipinski definition) is 3. The molecule has 22 heavy (non-hydrogen) atoms. The number of para-hydroxylation sites is 1. The van der Waals surface area contributed by atoms with Crippen LogP contribution in [0.25, 0.3) is 0 Å². The number of hydrogen-bond donors (Lipinski definition) is 2. The minimum absolute atomic E-state index is 0.300. The largest absolute Gasteiger partial charge is 0.318 e. The number of benzene rings is 2. The molecule has 0 aliphatic heterocycles. The third-order valence-electron chi connectivity index (χ3n) is 2.52. The molecule has 2 aromatic rings. The van der Waals surface area contributed by atoms with Crippen LogP contribution in [0.1, 0.15) is 0 Å². The third-order valence-corrected chi connectivity index (χ3v) is 3.65. The summed E-state index contributed by atoms with van der Waals surface area (Å²) >= 11 is 23.5. The van der Waals surface area contributed by atoms with E-state index in [2.05, 4.69) is 15.8 Å².